The van der Waals surface area contributed by atoms with Crippen LogP contribution in [0.15, 0.2) is 90.2 Å². The van der Waals surface area contributed by atoms with Gasteiger partial charge in [-0.15, -0.1) is 0 Å². The van der Waals surface area contributed by atoms with Crippen molar-refractivity contribution in [3.05, 3.63) is 113 Å². The quantitative estimate of drug-likeness (QED) is 0.290. The van der Waals surface area contributed by atoms with Crippen molar-refractivity contribution in [2.45, 2.75) is 52.1 Å². The molecule has 2 aliphatic rings. The fourth-order valence-electron chi connectivity index (χ4n) is 5.26. The molecule has 0 bridgehead atoms. The van der Waals surface area contributed by atoms with Gasteiger partial charge in [-0.1, -0.05) is 63.7 Å². The molecule has 7 heteroatoms. The van der Waals surface area contributed by atoms with Crippen molar-refractivity contribution in [1.82, 2.24) is 10.2 Å². The van der Waals surface area contributed by atoms with E-state index in [2.05, 4.69) is 67.6 Å². The predicted octanol–water partition coefficient (Wildman–Crippen LogP) is 6.73. The minimum Gasteiger partial charge on any atom is -0.376 e. The van der Waals surface area contributed by atoms with E-state index in [4.69, 9.17) is 9.73 Å². The van der Waals surface area contributed by atoms with Crippen LogP contribution in [0.3, 0.4) is 0 Å². The summed E-state index contributed by atoms with van der Waals surface area (Å²) >= 11 is 0. The third-order valence-corrected chi connectivity index (χ3v) is 8.09. The SMILES string of the molecule is C=C1C(Nc2ccc(CCC3CNCCO3)cc2)=NC(c2cccc(NC(=O)c3ccc(C(C)(C)C)cc3)c2C)=CN1C. The van der Waals surface area contributed by atoms with E-state index in [9.17, 15) is 4.79 Å². The van der Waals surface area contributed by atoms with Gasteiger partial charge in [0.2, 0.25) is 0 Å². The molecule has 1 atom stereocenters. The molecule has 0 aliphatic carbocycles. The summed E-state index contributed by atoms with van der Waals surface area (Å²) in [7, 11) is 1.96. The van der Waals surface area contributed by atoms with Crippen LogP contribution in [-0.4, -0.2) is 49.5 Å². The number of nitrogens with one attached hydrogen (secondary N) is 3. The standard InChI is InChI=1S/C36H43N5O2/c1-24-31(8-7-9-32(24)40-35(42)27-13-15-28(16-14-27)36(3,4)5)33-23-41(6)25(2)34(39-33)38-29-17-10-26(11-18-29)12-19-30-22-37-20-21-43-30/h7-11,13-18,23,30,37H,2,12,19-22H2,1,3-6H3,(H,38,39)(H,40,42). The zero-order chi connectivity index (χ0) is 30.6. The molecule has 224 valence electrons. The number of amidine groups is 1. The van der Waals surface area contributed by atoms with E-state index in [0.717, 1.165) is 66.4 Å². The molecule has 43 heavy (non-hydrogen) atoms. The third-order valence-electron chi connectivity index (χ3n) is 8.09. The second-order valence-corrected chi connectivity index (χ2v) is 12.3. The highest BCUT2D eigenvalue weighted by Crippen LogP contribution is 2.30. The highest BCUT2D eigenvalue weighted by molar-refractivity contribution is 6.11. The fraction of sp³-hybridized carbons (Fsp3) is 0.333. The summed E-state index contributed by atoms with van der Waals surface area (Å²) in [6, 6.07) is 22.2. The molecule has 0 spiro atoms. The van der Waals surface area contributed by atoms with Gasteiger partial charge in [-0.2, -0.15) is 0 Å². The molecule has 1 amide bonds. The molecule has 0 saturated carbocycles. The summed E-state index contributed by atoms with van der Waals surface area (Å²) in [6.07, 6.45) is 4.23. The van der Waals surface area contributed by atoms with Crippen LogP contribution in [0.1, 0.15) is 59.8 Å². The van der Waals surface area contributed by atoms with E-state index in [0.29, 0.717) is 11.4 Å². The predicted molar refractivity (Wildman–Crippen MR) is 178 cm³/mol. The van der Waals surface area contributed by atoms with Gasteiger partial charge in [0.05, 0.1) is 24.1 Å². The number of aliphatic imine (C=N–C) groups is 1. The number of benzene rings is 3. The van der Waals surface area contributed by atoms with Gasteiger partial charge in [-0.25, -0.2) is 4.99 Å². The number of aryl methyl sites for hydroxylation is 1. The van der Waals surface area contributed by atoms with Crippen molar-refractivity contribution in [2.24, 2.45) is 4.99 Å². The van der Waals surface area contributed by atoms with Crippen molar-refractivity contribution >= 4 is 28.8 Å². The number of nitrogens with zero attached hydrogens (tertiary/aromatic N) is 2. The second kappa shape index (κ2) is 13.0. The van der Waals surface area contributed by atoms with Crippen LogP contribution >= 0.6 is 0 Å². The lowest BCUT2D eigenvalue weighted by molar-refractivity contribution is 0.0238. The zero-order valence-corrected chi connectivity index (χ0v) is 26.0. The summed E-state index contributed by atoms with van der Waals surface area (Å²) in [5.74, 6) is 0.545. The van der Waals surface area contributed by atoms with Crippen LogP contribution < -0.4 is 16.0 Å². The number of carbonyl (C=O) groups is 1. The summed E-state index contributed by atoms with van der Waals surface area (Å²) in [6.45, 7) is 15.4. The van der Waals surface area contributed by atoms with E-state index in [1.165, 1.54) is 11.1 Å². The lowest BCUT2D eigenvalue weighted by Gasteiger charge is -2.26. The van der Waals surface area contributed by atoms with Gasteiger partial charge in [0.25, 0.3) is 5.91 Å². The number of morpholine rings is 1. The van der Waals surface area contributed by atoms with E-state index < -0.39 is 0 Å². The van der Waals surface area contributed by atoms with E-state index in [1.807, 2.05) is 67.5 Å². The monoisotopic (exact) mass is 577 g/mol. The first kappa shape index (κ1) is 30.3. The van der Waals surface area contributed by atoms with E-state index in [-0.39, 0.29) is 17.4 Å². The minimum absolute atomic E-state index is 0.0336. The first-order valence-electron chi connectivity index (χ1n) is 15.0. The number of anilines is 2. The first-order chi connectivity index (χ1) is 20.6. The Balaban J connectivity index is 1.28. The smallest absolute Gasteiger partial charge is 0.255 e. The van der Waals surface area contributed by atoms with Crippen LogP contribution in [0.4, 0.5) is 11.4 Å². The van der Waals surface area contributed by atoms with E-state index in [1.54, 1.807) is 0 Å². The Morgan fingerprint density at radius 1 is 1.09 bits per heavy atom. The number of carbonyl (C=O) groups excluding carboxylic acids is 1. The summed E-state index contributed by atoms with van der Waals surface area (Å²) < 4.78 is 5.83. The highest BCUT2D eigenvalue weighted by Gasteiger charge is 2.20. The van der Waals surface area contributed by atoms with Crippen molar-refractivity contribution in [3.63, 3.8) is 0 Å². The molecule has 3 aromatic rings. The molecule has 0 aromatic heterocycles. The Hall–Kier alpha value is -4.20. The van der Waals surface area contributed by atoms with Crippen LogP contribution in [0, 0.1) is 6.92 Å². The van der Waals surface area contributed by atoms with Gasteiger partial charge >= 0.3 is 0 Å². The van der Waals surface area contributed by atoms with Crippen LogP contribution in [-0.2, 0) is 16.6 Å². The molecule has 1 fully saturated rings. The van der Waals surface area contributed by atoms with Crippen LogP contribution in [0.5, 0.6) is 0 Å². The Bertz CT molecular complexity index is 1530. The maximum Gasteiger partial charge on any atom is 0.255 e. The normalized spacial score (nSPS) is 17.3. The third kappa shape index (κ3) is 7.42. The van der Waals surface area contributed by atoms with Crippen LogP contribution in [0.2, 0.25) is 0 Å². The molecular weight excluding hydrogens is 534 g/mol. The number of amides is 1. The molecule has 2 aliphatic heterocycles. The largest absolute Gasteiger partial charge is 0.376 e. The maximum atomic E-state index is 13.1. The molecule has 3 aromatic carbocycles. The van der Waals surface area contributed by atoms with Gasteiger partial charge < -0.3 is 25.6 Å². The molecule has 5 rings (SSSR count). The molecular formula is C36H43N5O2. The van der Waals surface area contributed by atoms with Crippen molar-refractivity contribution in [1.29, 1.82) is 0 Å². The number of hydrogen-bond donors (Lipinski definition) is 3. The summed E-state index contributed by atoms with van der Waals surface area (Å²) in [5.41, 5.74) is 8.28. The van der Waals surface area contributed by atoms with Gasteiger partial charge in [0, 0.05) is 48.8 Å². The highest BCUT2D eigenvalue weighted by atomic mass is 16.5. The fourth-order valence-corrected chi connectivity index (χ4v) is 5.26. The number of likely N-dealkylation sites (N-methyl/N-ethyl adjacent to an activating group) is 1. The Morgan fingerprint density at radius 2 is 1.84 bits per heavy atom. The lowest BCUT2D eigenvalue weighted by Crippen LogP contribution is -2.38. The maximum absolute atomic E-state index is 13.1. The Labute approximate surface area is 255 Å². The molecule has 7 nitrogen and oxygen atoms in total. The number of ether oxygens (including phenoxy) is 1. The van der Waals surface area contributed by atoms with Crippen molar-refractivity contribution in [2.75, 3.05) is 37.4 Å². The van der Waals surface area contributed by atoms with Crippen molar-refractivity contribution in [3.8, 4) is 0 Å². The Kier molecular flexibility index (Phi) is 9.14. The van der Waals surface area contributed by atoms with E-state index >= 15 is 0 Å². The van der Waals surface area contributed by atoms with Gasteiger partial charge in [-0.3, -0.25) is 4.79 Å². The average molecular weight is 578 g/mol. The second-order valence-electron chi connectivity index (χ2n) is 12.3. The molecule has 1 unspecified atom stereocenters. The summed E-state index contributed by atoms with van der Waals surface area (Å²) in [4.78, 5) is 20.0. The number of rotatable bonds is 7. The molecule has 3 N–H and O–H groups in total. The summed E-state index contributed by atoms with van der Waals surface area (Å²) in [5, 5.41) is 9.95. The lowest BCUT2D eigenvalue weighted by atomic mass is 9.86. The van der Waals surface area contributed by atoms with Crippen LogP contribution in [0.25, 0.3) is 5.70 Å². The molecule has 2 heterocycles. The average Bonchev–Trinajstić information content (AvgIpc) is 3.00. The zero-order valence-electron chi connectivity index (χ0n) is 26.0. The van der Waals surface area contributed by atoms with Crippen molar-refractivity contribution < 1.29 is 9.53 Å². The van der Waals surface area contributed by atoms with Gasteiger partial charge in [0.1, 0.15) is 0 Å². The van der Waals surface area contributed by atoms with Gasteiger partial charge in [-0.05, 0) is 72.2 Å². The Morgan fingerprint density at radius 3 is 2.51 bits per heavy atom. The number of hydrogen-bond acceptors (Lipinski definition) is 6. The van der Waals surface area contributed by atoms with Gasteiger partial charge in [0.15, 0.2) is 5.84 Å². The molecule has 1 saturated heterocycles. The molecule has 0 radical (unpaired) electrons. The topological polar surface area (TPSA) is 78.0 Å². The minimum atomic E-state index is -0.138. The first-order valence-corrected chi connectivity index (χ1v) is 15.0.